The molecule has 5 rings (SSSR count). The molecule has 0 aliphatic carbocycles. The summed E-state index contributed by atoms with van der Waals surface area (Å²) in [5, 5.41) is 25.5. The summed E-state index contributed by atoms with van der Waals surface area (Å²) in [6.45, 7) is 3.31. The zero-order valence-corrected chi connectivity index (χ0v) is 23.7. The second-order valence-electron chi connectivity index (χ2n) is 8.46. The van der Waals surface area contributed by atoms with Gasteiger partial charge in [-0.1, -0.05) is 0 Å². The summed E-state index contributed by atoms with van der Waals surface area (Å²) in [6.07, 6.45) is 0. The number of fused-ring (bicyclic) bond motifs is 4. The van der Waals surface area contributed by atoms with Crippen LogP contribution in [0.5, 0.6) is 0 Å². The molecule has 0 spiro atoms. The second-order valence-corrected chi connectivity index (χ2v) is 10.6. The van der Waals surface area contributed by atoms with E-state index in [1.807, 2.05) is 72.8 Å². The average Bonchev–Trinajstić information content (AvgIpc) is 3.28. The van der Waals surface area contributed by atoms with E-state index in [-0.39, 0.29) is 57.2 Å². The number of benzene rings is 3. The van der Waals surface area contributed by atoms with Gasteiger partial charge < -0.3 is 0 Å². The van der Waals surface area contributed by atoms with Crippen LogP contribution in [0, 0.1) is 6.92 Å². The number of nitrogens with zero attached hydrogens (tertiary/aromatic N) is 3. The minimum absolute atomic E-state index is 0. The molecular formula is C26H22N3NaO4Se. The summed E-state index contributed by atoms with van der Waals surface area (Å²) >= 11 is -0.176. The number of aryl methyl sites for hydroxylation is 1. The Morgan fingerprint density at radius 2 is 1.74 bits per heavy atom. The first-order chi connectivity index (χ1) is 16.3. The molecule has 0 N–H and O–H groups in total. The quantitative estimate of drug-likeness (QED) is 0.210. The van der Waals surface area contributed by atoms with E-state index in [4.69, 9.17) is 0 Å². The van der Waals surface area contributed by atoms with Crippen LogP contribution in [0.25, 0.3) is 26.1 Å². The van der Waals surface area contributed by atoms with Gasteiger partial charge in [-0.2, -0.15) is 0 Å². The summed E-state index contributed by atoms with van der Waals surface area (Å²) < 4.78 is 3.79. The monoisotopic (exact) mass is 543 g/mol. The molecular weight excluding hydrogens is 520 g/mol. The van der Waals surface area contributed by atoms with E-state index in [9.17, 15) is 19.8 Å². The first-order valence-electron chi connectivity index (χ1n) is 10.8. The number of carboxylic acids is 2. The summed E-state index contributed by atoms with van der Waals surface area (Å²) in [5.74, 6) is -1.64. The van der Waals surface area contributed by atoms with Crippen molar-refractivity contribution in [2.45, 2.75) is 20.4 Å². The maximum atomic E-state index is 11.8. The molecule has 0 bridgehead atoms. The van der Waals surface area contributed by atoms with E-state index < -0.39 is 11.9 Å². The normalized spacial score (nSPS) is 14.3. The Hall–Kier alpha value is -2.61. The van der Waals surface area contributed by atoms with Crippen LogP contribution in [0.3, 0.4) is 0 Å². The third-order valence-electron chi connectivity index (χ3n) is 6.17. The SMILES string of the molecule is CC(=C1N(C)c2ccc(C)cc2N1CC(=O)[O-])c1[se]c2ccc3ccccc3c2[n+]1CC(=O)[O-].[Na+]. The third kappa shape index (κ3) is 4.41. The molecule has 0 saturated carbocycles. The van der Waals surface area contributed by atoms with Gasteiger partial charge in [0.1, 0.15) is 0 Å². The Labute approximate surface area is 230 Å². The standard InChI is InChI=1S/C26H23N3O4Se.Na/c1-15-8-10-19-20(12-15)28(13-22(30)31)25(27(19)3)16(2)26-29(14-23(32)33)24-18-7-5-4-6-17(18)9-11-21(24)34-26;/h4-12H,13-14H2,1-3H3,(H-,30,31,32,33);/q;+1/p-1. The van der Waals surface area contributed by atoms with Gasteiger partial charge in [0.05, 0.1) is 0 Å². The largest absolute Gasteiger partial charge is 1.00 e. The summed E-state index contributed by atoms with van der Waals surface area (Å²) in [7, 11) is 1.90. The Morgan fingerprint density at radius 3 is 2.46 bits per heavy atom. The van der Waals surface area contributed by atoms with E-state index in [0.717, 1.165) is 47.6 Å². The number of allylic oxidation sites excluding steroid dienone is 1. The van der Waals surface area contributed by atoms with Crippen LogP contribution in [0.4, 0.5) is 11.4 Å². The molecule has 0 radical (unpaired) electrons. The minimum Gasteiger partial charge on any atom is 1.00 e. The van der Waals surface area contributed by atoms with Crippen LogP contribution in [0.2, 0.25) is 0 Å². The van der Waals surface area contributed by atoms with Crippen molar-refractivity contribution in [3.8, 4) is 0 Å². The number of hydrogen-bond acceptors (Lipinski definition) is 6. The maximum Gasteiger partial charge on any atom is 1.00 e. The molecule has 1 aromatic heterocycles. The molecule has 9 heteroatoms. The van der Waals surface area contributed by atoms with Crippen molar-refractivity contribution in [1.29, 1.82) is 0 Å². The smallest absolute Gasteiger partial charge is 1.00 e. The van der Waals surface area contributed by atoms with Crippen molar-refractivity contribution in [2.24, 2.45) is 0 Å². The summed E-state index contributed by atoms with van der Waals surface area (Å²) in [4.78, 5) is 27.2. The van der Waals surface area contributed by atoms with Crippen molar-refractivity contribution in [1.82, 2.24) is 0 Å². The van der Waals surface area contributed by atoms with Crippen LogP contribution in [0.1, 0.15) is 17.1 Å². The molecule has 0 fully saturated rings. The van der Waals surface area contributed by atoms with Gasteiger partial charge in [0.15, 0.2) is 0 Å². The Balaban J connectivity index is 0.00000289. The number of hydrogen-bond donors (Lipinski definition) is 0. The fourth-order valence-electron chi connectivity index (χ4n) is 4.80. The summed E-state index contributed by atoms with van der Waals surface area (Å²) in [5.41, 5.74) is 4.42. The van der Waals surface area contributed by atoms with Crippen LogP contribution in [-0.2, 0) is 16.1 Å². The number of carboxylic acid groups (broad SMARTS) is 2. The van der Waals surface area contributed by atoms with Crippen LogP contribution >= 0.6 is 0 Å². The van der Waals surface area contributed by atoms with E-state index in [1.165, 1.54) is 0 Å². The maximum absolute atomic E-state index is 11.8. The van der Waals surface area contributed by atoms with E-state index in [2.05, 4.69) is 12.1 Å². The van der Waals surface area contributed by atoms with Crippen molar-refractivity contribution >= 4 is 63.9 Å². The Kier molecular flexibility index (Phi) is 7.13. The van der Waals surface area contributed by atoms with Gasteiger partial charge >= 0.3 is 232 Å². The van der Waals surface area contributed by atoms with Crippen molar-refractivity contribution < 1.29 is 53.9 Å². The first-order valence-corrected chi connectivity index (χ1v) is 12.5. The molecule has 7 nitrogen and oxygen atoms in total. The van der Waals surface area contributed by atoms with Gasteiger partial charge in [-0.15, -0.1) is 0 Å². The first kappa shape index (κ1) is 25.5. The number of aliphatic carboxylic acids is 2. The predicted octanol–water partition coefficient (Wildman–Crippen LogP) is -2.21. The third-order valence-corrected chi connectivity index (χ3v) is 8.84. The zero-order valence-electron chi connectivity index (χ0n) is 20.0. The minimum atomic E-state index is -1.18. The van der Waals surface area contributed by atoms with Gasteiger partial charge in [0.2, 0.25) is 0 Å². The van der Waals surface area contributed by atoms with Gasteiger partial charge in [-0.05, 0) is 0 Å². The van der Waals surface area contributed by atoms with Gasteiger partial charge in [0, 0.05) is 0 Å². The van der Waals surface area contributed by atoms with Crippen LogP contribution in [0.15, 0.2) is 60.4 Å². The van der Waals surface area contributed by atoms with E-state index in [0.29, 0.717) is 5.82 Å². The Morgan fingerprint density at radius 1 is 1.00 bits per heavy atom. The molecule has 0 amide bonds. The van der Waals surface area contributed by atoms with Gasteiger partial charge in [-0.3, -0.25) is 0 Å². The molecule has 0 unspecified atom stereocenters. The second kappa shape index (κ2) is 9.80. The fourth-order valence-corrected chi connectivity index (χ4v) is 7.26. The van der Waals surface area contributed by atoms with Crippen molar-refractivity contribution in [3.63, 3.8) is 0 Å². The predicted molar refractivity (Wildman–Crippen MR) is 128 cm³/mol. The van der Waals surface area contributed by atoms with Crippen LogP contribution in [-0.4, -0.2) is 40.0 Å². The zero-order chi connectivity index (χ0) is 24.1. The fraction of sp³-hybridized carbons (Fsp3) is 0.192. The average molecular weight is 542 g/mol. The molecule has 3 aromatic carbocycles. The summed E-state index contributed by atoms with van der Waals surface area (Å²) in [6, 6.07) is 17.9. The Bertz CT molecular complexity index is 1530. The number of anilines is 2. The number of rotatable bonds is 5. The van der Waals surface area contributed by atoms with Gasteiger partial charge in [-0.25, -0.2) is 0 Å². The number of aromatic nitrogens is 1. The van der Waals surface area contributed by atoms with Crippen molar-refractivity contribution in [3.05, 3.63) is 70.5 Å². The molecule has 0 atom stereocenters. The number of carbonyl (C=O) groups is 2. The molecule has 1 aliphatic heterocycles. The van der Waals surface area contributed by atoms with Gasteiger partial charge in [0.25, 0.3) is 0 Å². The number of carbonyl (C=O) groups excluding carboxylic acids is 2. The topological polar surface area (TPSA) is 90.6 Å². The van der Waals surface area contributed by atoms with E-state index in [1.54, 1.807) is 4.90 Å². The molecule has 4 aromatic rings. The van der Waals surface area contributed by atoms with Crippen LogP contribution < -0.4 is 54.1 Å². The molecule has 2 heterocycles. The van der Waals surface area contributed by atoms with E-state index >= 15 is 0 Å². The molecule has 35 heavy (non-hydrogen) atoms. The molecule has 0 saturated heterocycles. The molecule has 172 valence electrons. The molecule has 1 aliphatic rings. The van der Waals surface area contributed by atoms with Crippen molar-refractivity contribution in [2.75, 3.05) is 23.4 Å².